The molecule has 1 N–H and O–H groups in total. The molecule has 0 radical (unpaired) electrons. The lowest BCUT2D eigenvalue weighted by Crippen LogP contribution is -2.41. The molecule has 1 atom stereocenters. The second kappa shape index (κ2) is 6.18. The van der Waals surface area contributed by atoms with E-state index in [4.69, 9.17) is 11.6 Å². The van der Waals surface area contributed by atoms with Crippen LogP contribution in [0.2, 0.25) is 5.02 Å². The zero-order valence-electron chi connectivity index (χ0n) is 12.6. The van der Waals surface area contributed by atoms with E-state index < -0.39 is 23.3 Å². The number of nitrogens with one attached hydrogen (secondary N) is 1. The van der Waals surface area contributed by atoms with Gasteiger partial charge >= 0.3 is 6.03 Å². The number of urea groups is 1. The van der Waals surface area contributed by atoms with Crippen molar-refractivity contribution in [1.29, 1.82) is 0 Å². The average Bonchev–Trinajstić information content (AvgIpc) is 2.73. The molecule has 7 heteroatoms. The van der Waals surface area contributed by atoms with Crippen molar-refractivity contribution in [1.82, 2.24) is 10.2 Å². The monoisotopic (exact) mass is 410 g/mol. The van der Waals surface area contributed by atoms with E-state index in [1.54, 1.807) is 6.92 Å². The van der Waals surface area contributed by atoms with Gasteiger partial charge in [-0.05, 0) is 30.7 Å². The van der Waals surface area contributed by atoms with Gasteiger partial charge in [0, 0.05) is 15.1 Å². The normalized spacial score (nSPS) is 20.4. The summed E-state index contributed by atoms with van der Waals surface area (Å²) in [5.74, 6) is -0.939. The van der Waals surface area contributed by atoms with Crippen LogP contribution in [0.25, 0.3) is 0 Å². The Labute approximate surface area is 151 Å². The number of halogens is 3. The van der Waals surface area contributed by atoms with E-state index in [9.17, 15) is 14.0 Å². The average molecular weight is 412 g/mol. The Hall–Kier alpha value is -1.92. The summed E-state index contributed by atoms with van der Waals surface area (Å²) in [7, 11) is 0. The maximum absolute atomic E-state index is 13.3. The van der Waals surface area contributed by atoms with Gasteiger partial charge in [-0.25, -0.2) is 9.18 Å². The molecule has 1 heterocycles. The van der Waals surface area contributed by atoms with Crippen molar-refractivity contribution in [3.63, 3.8) is 0 Å². The summed E-state index contributed by atoms with van der Waals surface area (Å²) in [5.41, 5.74) is -0.169. The Kier molecular flexibility index (Phi) is 4.36. The van der Waals surface area contributed by atoms with Gasteiger partial charge in [0.25, 0.3) is 5.91 Å². The van der Waals surface area contributed by atoms with Crippen molar-refractivity contribution in [3.05, 3.63) is 68.9 Å². The van der Waals surface area contributed by atoms with E-state index in [2.05, 4.69) is 21.2 Å². The number of nitrogens with zero attached hydrogens (tertiary/aromatic N) is 1. The first-order chi connectivity index (χ1) is 11.3. The minimum atomic E-state index is -1.33. The highest BCUT2D eigenvalue weighted by molar-refractivity contribution is 9.10. The summed E-state index contributed by atoms with van der Waals surface area (Å²) in [6, 6.07) is 10.6. The van der Waals surface area contributed by atoms with Gasteiger partial charge in [0.05, 0.1) is 6.54 Å². The number of amides is 3. The summed E-state index contributed by atoms with van der Waals surface area (Å²) in [4.78, 5) is 26.3. The number of benzene rings is 2. The molecule has 2 aromatic carbocycles. The number of carbonyl (C=O) groups is 2. The van der Waals surface area contributed by atoms with Crippen LogP contribution in [0, 0.1) is 5.82 Å². The second-order valence-electron chi connectivity index (χ2n) is 5.66. The maximum atomic E-state index is 13.3. The quantitative estimate of drug-likeness (QED) is 0.769. The molecule has 0 saturated carbocycles. The highest BCUT2D eigenvalue weighted by Gasteiger charge is 2.49. The Bertz CT molecular complexity index is 845. The lowest BCUT2D eigenvalue weighted by molar-refractivity contribution is -0.131. The summed E-state index contributed by atoms with van der Waals surface area (Å²) in [6.45, 7) is 1.69. The molecule has 0 bridgehead atoms. The van der Waals surface area contributed by atoms with Gasteiger partial charge in [-0.15, -0.1) is 0 Å². The van der Waals surface area contributed by atoms with Crippen molar-refractivity contribution in [2.24, 2.45) is 0 Å². The summed E-state index contributed by atoms with van der Waals surface area (Å²) >= 11 is 9.48. The Morgan fingerprint density at radius 3 is 2.62 bits per heavy atom. The van der Waals surface area contributed by atoms with E-state index in [1.165, 1.54) is 12.1 Å². The van der Waals surface area contributed by atoms with E-state index in [0.29, 0.717) is 5.56 Å². The van der Waals surface area contributed by atoms with Crippen LogP contribution < -0.4 is 5.32 Å². The molecule has 0 aliphatic carbocycles. The number of imide groups is 1. The van der Waals surface area contributed by atoms with Crippen molar-refractivity contribution < 1.29 is 14.0 Å². The third kappa shape index (κ3) is 2.80. The van der Waals surface area contributed by atoms with Gasteiger partial charge in [0.1, 0.15) is 11.4 Å². The van der Waals surface area contributed by atoms with Crippen LogP contribution in [0.3, 0.4) is 0 Å². The smallest absolute Gasteiger partial charge is 0.319 e. The number of carbonyl (C=O) groups excluding carboxylic acids is 2. The first kappa shape index (κ1) is 16.9. The molecule has 1 aliphatic rings. The number of rotatable bonds is 3. The Morgan fingerprint density at radius 2 is 1.96 bits per heavy atom. The Balaban J connectivity index is 1.95. The van der Waals surface area contributed by atoms with Crippen LogP contribution in [0.15, 0.2) is 46.9 Å². The SMILES string of the molecule is CC1(c2ccc(F)cc2Cl)NC(=O)N(Cc2ccccc2Br)C1=O. The van der Waals surface area contributed by atoms with Crippen molar-refractivity contribution in [3.8, 4) is 0 Å². The second-order valence-corrected chi connectivity index (χ2v) is 6.92. The molecule has 1 saturated heterocycles. The minimum Gasteiger partial charge on any atom is -0.319 e. The molecule has 124 valence electrons. The zero-order chi connectivity index (χ0) is 17.5. The molecule has 0 aromatic heterocycles. The number of hydrogen-bond donors (Lipinski definition) is 1. The van der Waals surface area contributed by atoms with Crippen LogP contribution in [0.1, 0.15) is 18.1 Å². The van der Waals surface area contributed by atoms with Gasteiger partial charge in [-0.2, -0.15) is 0 Å². The van der Waals surface area contributed by atoms with Crippen molar-refractivity contribution in [2.75, 3.05) is 0 Å². The van der Waals surface area contributed by atoms with E-state index in [1.807, 2.05) is 24.3 Å². The van der Waals surface area contributed by atoms with Crippen LogP contribution in [-0.2, 0) is 16.9 Å². The predicted molar refractivity (Wildman–Crippen MR) is 92.0 cm³/mol. The lowest BCUT2D eigenvalue weighted by atomic mass is 9.92. The fraction of sp³-hybridized carbons (Fsp3) is 0.176. The summed E-state index contributed by atoms with van der Waals surface area (Å²) in [6.07, 6.45) is 0. The van der Waals surface area contributed by atoms with E-state index >= 15 is 0 Å². The van der Waals surface area contributed by atoms with Gasteiger partial charge < -0.3 is 5.32 Å². The molecule has 0 spiro atoms. The topological polar surface area (TPSA) is 49.4 Å². The molecule has 3 rings (SSSR count). The van der Waals surface area contributed by atoms with Gasteiger partial charge in [-0.3, -0.25) is 9.69 Å². The molecule has 4 nitrogen and oxygen atoms in total. The lowest BCUT2D eigenvalue weighted by Gasteiger charge is -2.23. The highest BCUT2D eigenvalue weighted by atomic mass is 79.9. The number of hydrogen-bond acceptors (Lipinski definition) is 2. The molecule has 1 fully saturated rings. The minimum absolute atomic E-state index is 0.0916. The van der Waals surface area contributed by atoms with Crippen LogP contribution in [0.4, 0.5) is 9.18 Å². The van der Waals surface area contributed by atoms with Gasteiger partial charge in [0.15, 0.2) is 0 Å². The molecular weight excluding hydrogens is 399 g/mol. The van der Waals surface area contributed by atoms with E-state index in [-0.39, 0.29) is 11.6 Å². The van der Waals surface area contributed by atoms with Gasteiger partial charge in [0.2, 0.25) is 0 Å². The summed E-state index contributed by atoms with van der Waals surface area (Å²) < 4.78 is 14.1. The third-order valence-electron chi connectivity index (χ3n) is 4.03. The predicted octanol–water partition coefficient (Wildman–Crippen LogP) is 4.21. The largest absolute Gasteiger partial charge is 0.325 e. The fourth-order valence-corrected chi connectivity index (χ4v) is 3.48. The van der Waals surface area contributed by atoms with Gasteiger partial charge in [-0.1, -0.05) is 51.8 Å². The first-order valence-corrected chi connectivity index (χ1v) is 8.33. The zero-order valence-corrected chi connectivity index (χ0v) is 15.0. The third-order valence-corrected chi connectivity index (χ3v) is 5.12. The van der Waals surface area contributed by atoms with Crippen LogP contribution >= 0.6 is 27.5 Å². The summed E-state index contributed by atoms with van der Waals surface area (Å²) in [5, 5.41) is 2.75. The Morgan fingerprint density at radius 1 is 1.25 bits per heavy atom. The molecule has 2 aromatic rings. The van der Waals surface area contributed by atoms with Crippen LogP contribution in [-0.4, -0.2) is 16.8 Å². The highest BCUT2D eigenvalue weighted by Crippen LogP contribution is 2.35. The van der Waals surface area contributed by atoms with Crippen molar-refractivity contribution >= 4 is 39.5 Å². The maximum Gasteiger partial charge on any atom is 0.325 e. The molecule has 1 aliphatic heterocycles. The standard InChI is InChI=1S/C17H13BrClFN2O2/c1-17(12-7-6-11(20)8-14(12)19)15(23)22(16(24)21-17)9-10-4-2-3-5-13(10)18/h2-8H,9H2,1H3,(H,21,24). The molecule has 3 amide bonds. The van der Waals surface area contributed by atoms with E-state index in [0.717, 1.165) is 21.0 Å². The molecule has 24 heavy (non-hydrogen) atoms. The fourth-order valence-electron chi connectivity index (χ4n) is 2.72. The van der Waals surface area contributed by atoms with Crippen LogP contribution in [0.5, 0.6) is 0 Å². The molecular formula is C17H13BrClFN2O2. The first-order valence-electron chi connectivity index (χ1n) is 7.16. The van der Waals surface area contributed by atoms with Crippen molar-refractivity contribution in [2.45, 2.75) is 19.0 Å². The molecule has 1 unspecified atom stereocenters.